The Morgan fingerprint density at radius 1 is 1.16 bits per heavy atom. The van der Waals surface area contributed by atoms with Crippen molar-refractivity contribution < 1.29 is 20.1 Å². The van der Waals surface area contributed by atoms with E-state index in [-0.39, 0.29) is 6.10 Å². The fourth-order valence-corrected chi connectivity index (χ4v) is 1.61. The van der Waals surface area contributed by atoms with Crippen LogP contribution in [0.1, 0.15) is 13.8 Å². The zero-order chi connectivity index (χ0) is 14.5. The van der Waals surface area contributed by atoms with E-state index in [2.05, 4.69) is 5.32 Å². The standard InChI is InChI=1S/C13H22N2O4/c1-9(2)19-12-4-10(14)3-11(5-12)15-13(6-16,7-17)8-18/h3-5,9,15-18H,6-8,14H2,1-2H3. The lowest BCUT2D eigenvalue weighted by atomic mass is 10.0. The van der Waals surface area contributed by atoms with Crippen molar-refractivity contribution in [2.75, 3.05) is 30.9 Å². The van der Waals surface area contributed by atoms with Gasteiger partial charge in [-0.25, -0.2) is 0 Å². The molecule has 6 nitrogen and oxygen atoms in total. The number of rotatable bonds is 7. The first-order valence-electron chi connectivity index (χ1n) is 6.12. The fraction of sp³-hybridized carbons (Fsp3) is 0.538. The predicted molar refractivity (Wildman–Crippen MR) is 74.2 cm³/mol. The molecule has 6 N–H and O–H groups in total. The van der Waals surface area contributed by atoms with E-state index < -0.39 is 25.4 Å². The number of nitrogen functional groups attached to an aromatic ring is 1. The number of ether oxygens (including phenoxy) is 1. The first kappa shape index (κ1) is 15.6. The van der Waals surface area contributed by atoms with Gasteiger partial charge in [0.15, 0.2) is 0 Å². The largest absolute Gasteiger partial charge is 0.491 e. The molecule has 0 saturated heterocycles. The Kier molecular flexibility index (Phi) is 5.41. The molecule has 0 aliphatic rings. The van der Waals surface area contributed by atoms with Crippen molar-refractivity contribution in [3.05, 3.63) is 18.2 Å². The van der Waals surface area contributed by atoms with Crippen LogP contribution in [0.2, 0.25) is 0 Å². The number of nitrogens with one attached hydrogen (secondary N) is 1. The molecule has 0 aromatic heterocycles. The molecule has 0 radical (unpaired) electrons. The lowest BCUT2D eigenvalue weighted by Crippen LogP contribution is -2.49. The summed E-state index contributed by atoms with van der Waals surface area (Å²) in [5, 5.41) is 30.7. The molecule has 0 heterocycles. The summed E-state index contributed by atoms with van der Waals surface area (Å²) >= 11 is 0. The molecule has 0 atom stereocenters. The molecule has 108 valence electrons. The molecule has 0 spiro atoms. The molecule has 0 aliphatic heterocycles. The SMILES string of the molecule is CC(C)Oc1cc(N)cc(NC(CO)(CO)CO)c1. The van der Waals surface area contributed by atoms with E-state index >= 15 is 0 Å². The number of aliphatic hydroxyl groups excluding tert-OH is 3. The van der Waals surface area contributed by atoms with Crippen LogP contribution in [-0.4, -0.2) is 46.8 Å². The molecule has 19 heavy (non-hydrogen) atoms. The molecular weight excluding hydrogens is 248 g/mol. The first-order chi connectivity index (χ1) is 8.94. The Labute approximate surface area is 112 Å². The molecule has 6 heteroatoms. The minimum absolute atomic E-state index is 0.00734. The summed E-state index contributed by atoms with van der Waals surface area (Å²) < 4.78 is 5.54. The second-order valence-electron chi connectivity index (χ2n) is 4.84. The zero-order valence-electron chi connectivity index (χ0n) is 11.3. The zero-order valence-corrected chi connectivity index (χ0v) is 11.3. The number of aliphatic hydroxyl groups is 3. The number of hydrogen-bond donors (Lipinski definition) is 5. The molecule has 1 aromatic rings. The Bertz CT molecular complexity index is 397. The second kappa shape index (κ2) is 6.60. The highest BCUT2D eigenvalue weighted by molar-refractivity contribution is 5.60. The Morgan fingerprint density at radius 3 is 2.21 bits per heavy atom. The van der Waals surface area contributed by atoms with Crippen molar-refractivity contribution in [2.45, 2.75) is 25.5 Å². The summed E-state index contributed by atoms with van der Waals surface area (Å²) in [6.07, 6.45) is 0.00734. The van der Waals surface area contributed by atoms with Gasteiger partial charge in [-0.2, -0.15) is 0 Å². The maximum absolute atomic E-state index is 9.28. The van der Waals surface area contributed by atoms with Gasteiger partial charge in [-0.05, 0) is 19.9 Å². The summed E-state index contributed by atoms with van der Waals surface area (Å²) in [5.41, 5.74) is 5.63. The first-order valence-corrected chi connectivity index (χ1v) is 6.12. The highest BCUT2D eigenvalue weighted by atomic mass is 16.5. The second-order valence-corrected chi connectivity index (χ2v) is 4.84. The quantitative estimate of drug-likeness (QED) is 0.452. The van der Waals surface area contributed by atoms with E-state index in [1.165, 1.54) is 0 Å². The third kappa shape index (κ3) is 4.27. The molecule has 0 saturated carbocycles. The third-order valence-corrected chi connectivity index (χ3v) is 2.62. The summed E-state index contributed by atoms with van der Waals surface area (Å²) in [4.78, 5) is 0. The topological polar surface area (TPSA) is 108 Å². The van der Waals surface area contributed by atoms with Crippen molar-refractivity contribution in [1.82, 2.24) is 0 Å². The molecule has 1 rings (SSSR count). The molecule has 0 unspecified atom stereocenters. The van der Waals surface area contributed by atoms with Crippen molar-refractivity contribution in [2.24, 2.45) is 0 Å². The van der Waals surface area contributed by atoms with E-state index in [1.807, 2.05) is 13.8 Å². The Hall–Kier alpha value is -1.50. The highest BCUT2D eigenvalue weighted by Gasteiger charge is 2.27. The van der Waals surface area contributed by atoms with Crippen LogP contribution in [0.3, 0.4) is 0 Å². The fourth-order valence-electron chi connectivity index (χ4n) is 1.61. The minimum Gasteiger partial charge on any atom is -0.491 e. The van der Waals surface area contributed by atoms with Gasteiger partial charge in [0.25, 0.3) is 0 Å². The van der Waals surface area contributed by atoms with Crippen LogP contribution in [-0.2, 0) is 0 Å². The van der Waals surface area contributed by atoms with Gasteiger partial charge in [-0.15, -0.1) is 0 Å². The maximum Gasteiger partial charge on any atom is 0.123 e. The summed E-state index contributed by atoms with van der Waals surface area (Å²) in [6, 6.07) is 5.03. The van der Waals surface area contributed by atoms with Crippen molar-refractivity contribution >= 4 is 11.4 Å². The monoisotopic (exact) mass is 270 g/mol. The highest BCUT2D eigenvalue weighted by Crippen LogP contribution is 2.25. The van der Waals surface area contributed by atoms with Crippen LogP contribution in [0.15, 0.2) is 18.2 Å². The summed E-state index contributed by atoms with van der Waals surface area (Å²) in [6.45, 7) is 2.57. The van der Waals surface area contributed by atoms with Gasteiger partial charge in [0.1, 0.15) is 11.3 Å². The molecule has 0 fully saturated rings. The van der Waals surface area contributed by atoms with E-state index in [0.717, 1.165) is 0 Å². The minimum atomic E-state index is -1.19. The van der Waals surface area contributed by atoms with E-state index in [0.29, 0.717) is 17.1 Å². The lowest BCUT2D eigenvalue weighted by molar-refractivity contribution is 0.0833. The van der Waals surface area contributed by atoms with Gasteiger partial charge < -0.3 is 31.1 Å². The average Bonchev–Trinajstić information content (AvgIpc) is 2.34. The molecule has 0 amide bonds. The Balaban J connectivity index is 2.97. The van der Waals surface area contributed by atoms with Crippen LogP contribution >= 0.6 is 0 Å². The third-order valence-electron chi connectivity index (χ3n) is 2.62. The van der Waals surface area contributed by atoms with Gasteiger partial charge in [-0.3, -0.25) is 0 Å². The molecule has 0 bridgehead atoms. The van der Waals surface area contributed by atoms with Gasteiger partial charge in [0, 0.05) is 23.5 Å². The Morgan fingerprint density at radius 2 is 1.74 bits per heavy atom. The summed E-state index contributed by atoms with van der Waals surface area (Å²) in [5.74, 6) is 0.584. The van der Waals surface area contributed by atoms with Gasteiger partial charge in [-0.1, -0.05) is 0 Å². The number of nitrogens with two attached hydrogens (primary N) is 1. The van der Waals surface area contributed by atoms with Gasteiger partial charge in [0.05, 0.1) is 25.9 Å². The van der Waals surface area contributed by atoms with Crippen LogP contribution < -0.4 is 15.8 Å². The molecule has 0 aliphatic carbocycles. The van der Waals surface area contributed by atoms with Gasteiger partial charge >= 0.3 is 0 Å². The normalized spacial score (nSPS) is 11.7. The predicted octanol–water partition coefficient (Wildman–Crippen LogP) is 0.184. The van der Waals surface area contributed by atoms with Crippen LogP contribution in [0, 0.1) is 0 Å². The summed E-state index contributed by atoms with van der Waals surface area (Å²) in [7, 11) is 0. The molecular formula is C13H22N2O4. The van der Waals surface area contributed by atoms with Crippen molar-refractivity contribution in [3.8, 4) is 5.75 Å². The maximum atomic E-state index is 9.28. The van der Waals surface area contributed by atoms with Crippen molar-refractivity contribution in [3.63, 3.8) is 0 Å². The number of hydrogen-bond acceptors (Lipinski definition) is 6. The van der Waals surface area contributed by atoms with E-state index in [4.69, 9.17) is 10.5 Å². The number of benzene rings is 1. The van der Waals surface area contributed by atoms with E-state index in [9.17, 15) is 15.3 Å². The van der Waals surface area contributed by atoms with Crippen LogP contribution in [0.5, 0.6) is 5.75 Å². The lowest BCUT2D eigenvalue weighted by Gasteiger charge is -2.30. The molecule has 1 aromatic carbocycles. The van der Waals surface area contributed by atoms with Crippen molar-refractivity contribution in [1.29, 1.82) is 0 Å². The van der Waals surface area contributed by atoms with Gasteiger partial charge in [0.2, 0.25) is 0 Å². The van der Waals surface area contributed by atoms with Crippen LogP contribution in [0.25, 0.3) is 0 Å². The van der Waals surface area contributed by atoms with Crippen LogP contribution in [0.4, 0.5) is 11.4 Å². The number of anilines is 2. The smallest absolute Gasteiger partial charge is 0.123 e. The average molecular weight is 270 g/mol. The van der Waals surface area contributed by atoms with E-state index in [1.54, 1.807) is 18.2 Å².